The third-order valence-corrected chi connectivity index (χ3v) is 6.23. The summed E-state index contributed by atoms with van der Waals surface area (Å²) in [7, 11) is 0. The van der Waals surface area contributed by atoms with E-state index in [1.807, 2.05) is 31.2 Å². The summed E-state index contributed by atoms with van der Waals surface area (Å²) >= 11 is 6.56. The molecule has 2 N–H and O–H groups in total. The molecule has 1 heterocycles. The van der Waals surface area contributed by atoms with Crippen molar-refractivity contribution in [3.8, 4) is 33.9 Å². The molecule has 0 spiro atoms. The van der Waals surface area contributed by atoms with Gasteiger partial charge in [-0.1, -0.05) is 19.1 Å². The van der Waals surface area contributed by atoms with Crippen molar-refractivity contribution >= 4 is 35.4 Å². The number of benzene rings is 3. The Morgan fingerprint density at radius 2 is 1.75 bits per heavy atom. The first-order valence-corrected chi connectivity index (χ1v) is 10.4. The molecule has 142 valence electrons. The van der Waals surface area contributed by atoms with Crippen LogP contribution in [0.3, 0.4) is 0 Å². The molecule has 0 saturated heterocycles. The molecule has 4 aromatic rings. The van der Waals surface area contributed by atoms with Crippen molar-refractivity contribution in [2.75, 3.05) is 5.75 Å². The number of furan rings is 1. The smallest absolute Gasteiger partial charge is 0.143 e. The normalized spacial score (nSPS) is 11.2. The molecule has 0 unspecified atom stereocenters. The fraction of sp³-hybridized carbons (Fsp3) is 0.130. The summed E-state index contributed by atoms with van der Waals surface area (Å²) in [5.74, 6) is 2.04. The third-order valence-electron chi connectivity index (χ3n) is 4.66. The van der Waals surface area contributed by atoms with Crippen LogP contribution in [0.1, 0.15) is 12.5 Å². The zero-order chi connectivity index (χ0) is 19.8. The van der Waals surface area contributed by atoms with E-state index >= 15 is 0 Å². The predicted octanol–water partition coefficient (Wildman–Crippen LogP) is 6.89. The fourth-order valence-corrected chi connectivity index (χ4v) is 4.62. The van der Waals surface area contributed by atoms with E-state index in [-0.39, 0.29) is 11.5 Å². The van der Waals surface area contributed by atoms with Crippen LogP contribution in [0.15, 0.2) is 68.8 Å². The van der Waals surface area contributed by atoms with Crippen LogP contribution in [0.5, 0.6) is 11.5 Å². The van der Waals surface area contributed by atoms with E-state index in [1.54, 1.807) is 36.0 Å². The van der Waals surface area contributed by atoms with E-state index < -0.39 is 0 Å². The second-order valence-electron chi connectivity index (χ2n) is 6.58. The van der Waals surface area contributed by atoms with Crippen LogP contribution in [0.25, 0.3) is 33.4 Å². The molecule has 28 heavy (non-hydrogen) atoms. The zero-order valence-electron chi connectivity index (χ0n) is 15.6. The Labute approximate surface area is 173 Å². The van der Waals surface area contributed by atoms with Crippen molar-refractivity contribution in [2.24, 2.45) is 0 Å². The molecule has 3 aromatic carbocycles. The molecule has 0 radical (unpaired) electrons. The molecule has 0 aliphatic carbocycles. The Morgan fingerprint density at radius 3 is 2.46 bits per heavy atom. The first kappa shape index (κ1) is 18.8. The highest BCUT2D eigenvalue weighted by Gasteiger charge is 2.22. The molecule has 0 atom stereocenters. The summed E-state index contributed by atoms with van der Waals surface area (Å²) in [5, 5.41) is 20.7. The van der Waals surface area contributed by atoms with Gasteiger partial charge in [0.05, 0.1) is 0 Å². The topological polar surface area (TPSA) is 53.6 Å². The van der Waals surface area contributed by atoms with Gasteiger partial charge in [0.25, 0.3) is 0 Å². The maximum absolute atomic E-state index is 10.2. The Bertz CT molecular complexity index is 1160. The summed E-state index contributed by atoms with van der Waals surface area (Å²) in [4.78, 5) is 1.99. The van der Waals surface area contributed by atoms with E-state index in [4.69, 9.17) is 17.0 Å². The second kappa shape index (κ2) is 7.49. The number of phenols is 2. The molecule has 5 heteroatoms. The fourth-order valence-electron chi connectivity index (χ4n) is 3.43. The summed E-state index contributed by atoms with van der Waals surface area (Å²) in [6.45, 7) is 4.03. The van der Waals surface area contributed by atoms with Gasteiger partial charge in [-0.15, -0.1) is 24.4 Å². The van der Waals surface area contributed by atoms with Gasteiger partial charge in [0.15, 0.2) is 0 Å². The van der Waals surface area contributed by atoms with Crippen LogP contribution in [-0.4, -0.2) is 16.0 Å². The Kier molecular flexibility index (Phi) is 5.04. The van der Waals surface area contributed by atoms with Gasteiger partial charge in [0, 0.05) is 31.9 Å². The van der Waals surface area contributed by atoms with Gasteiger partial charge < -0.3 is 14.6 Å². The molecule has 0 aliphatic rings. The quantitative estimate of drug-likeness (QED) is 0.254. The SMILES string of the molecule is CCSc1cccc(-c2c(-c3ccc(O)cc3)oc3c(C)cc(O)cc23)c1S. The molecule has 0 fully saturated rings. The van der Waals surface area contributed by atoms with Crippen LogP contribution >= 0.6 is 24.4 Å². The number of aryl methyl sites for hydroxylation is 1. The third kappa shape index (κ3) is 3.25. The summed E-state index contributed by atoms with van der Waals surface area (Å²) < 4.78 is 6.29. The molecule has 3 nitrogen and oxygen atoms in total. The van der Waals surface area contributed by atoms with Crippen molar-refractivity contribution in [3.63, 3.8) is 0 Å². The van der Waals surface area contributed by atoms with E-state index in [2.05, 4.69) is 13.0 Å². The average Bonchev–Trinajstić information content (AvgIpc) is 3.04. The number of phenolic OH excluding ortho intramolecular Hbond substituents is 2. The maximum atomic E-state index is 10.2. The minimum Gasteiger partial charge on any atom is -0.508 e. The minimum absolute atomic E-state index is 0.198. The monoisotopic (exact) mass is 408 g/mol. The van der Waals surface area contributed by atoms with Crippen LogP contribution in [0.2, 0.25) is 0 Å². The lowest BCUT2D eigenvalue weighted by Gasteiger charge is -2.11. The van der Waals surface area contributed by atoms with Gasteiger partial charge in [-0.2, -0.15) is 0 Å². The Balaban J connectivity index is 2.07. The van der Waals surface area contributed by atoms with Crippen molar-refractivity contribution in [3.05, 3.63) is 60.2 Å². The lowest BCUT2D eigenvalue weighted by molar-refractivity contribution is 0.474. The van der Waals surface area contributed by atoms with Crippen LogP contribution in [-0.2, 0) is 0 Å². The minimum atomic E-state index is 0.198. The maximum Gasteiger partial charge on any atom is 0.143 e. The molecular formula is C23H20O3S2. The highest BCUT2D eigenvalue weighted by molar-refractivity contribution is 7.99. The second-order valence-corrected chi connectivity index (χ2v) is 8.33. The molecule has 0 aliphatic heterocycles. The Hall–Kier alpha value is -2.50. The average molecular weight is 409 g/mol. The van der Waals surface area contributed by atoms with E-state index in [1.165, 1.54) is 0 Å². The number of fused-ring (bicyclic) bond motifs is 1. The van der Waals surface area contributed by atoms with Gasteiger partial charge in [0.2, 0.25) is 0 Å². The molecule has 0 bridgehead atoms. The first-order chi connectivity index (χ1) is 13.5. The number of thiol groups is 1. The zero-order valence-corrected chi connectivity index (χ0v) is 17.3. The van der Waals surface area contributed by atoms with Crippen molar-refractivity contribution in [2.45, 2.75) is 23.6 Å². The first-order valence-electron chi connectivity index (χ1n) is 9.00. The number of hydrogen-bond acceptors (Lipinski definition) is 5. The number of thioether (sulfide) groups is 1. The summed E-state index contributed by atoms with van der Waals surface area (Å²) in [6.07, 6.45) is 0. The van der Waals surface area contributed by atoms with E-state index in [9.17, 15) is 10.2 Å². The van der Waals surface area contributed by atoms with Gasteiger partial charge in [-0.3, -0.25) is 0 Å². The Morgan fingerprint density at radius 1 is 1.00 bits per heavy atom. The summed E-state index contributed by atoms with van der Waals surface area (Å²) in [5.41, 5.74) is 4.29. The van der Waals surface area contributed by atoms with Gasteiger partial charge in [0.1, 0.15) is 22.8 Å². The molecular weight excluding hydrogens is 388 g/mol. The van der Waals surface area contributed by atoms with Gasteiger partial charge in [-0.25, -0.2) is 0 Å². The van der Waals surface area contributed by atoms with Gasteiger partial charge >= 0.3 is 0 Å². The van der Waals surface area contributed by atoms with Crippen LogP contribution in [0, 0.1) is 6.92 Å². The largest absolute Gasteiger partial charge is 0.508 e. The van der Waals surface area contributed by atoms with E-state index in [0.29, 0.717) is 5.76 Å². The molecule has 0 saturated carbocycles. The lowest BCUT2D eigenvalue weighted by atomic mass is 9.97. The lowest BCUT2D eigenvalue weighted by Crippen LogP contribution is -1.86. The number of hydrogen-bond donors (Lipinski definition) is 3. The summed E-state index contributed by atoms with van der Waals surface area (Å²) in [6, 6.07) is 16.5. The number of rotatable bonds is 4. The highest BCUT2D eigenvalue weighted by Crippen LogP contribution is 2.46. The highest BCUT2D eigenvalue weighted by atomic mass is 32.2. The van der Waals surface area contributed by atoms with Crippen molar-refractivity contribution in [1.82, 2.24) is 0 Å². The predicted molar refractivity (Wildman–Crippen MR) is 119 cm³/mol. The molecule has 1 aromatic heterocycles. The number of aromatic hydroxyl groups is 2. The van der Waals surface area contributed by atoms with E-state index in [0.717, 1.165) is 48.8 Å². The molecule has 4 rings (SSSR count). The van der Waals surface area contributed by atoms with Crippen LogP contribution < -0.4 is 0 Å². The standard InChI is InChI=1S/C23H20O3S2/c1-3-28-19-6-4-5-17(23(19)27)20-18-12-16(25)11-13(2)21(18)26-22(20)14-7-9-15(24)10-8-14/h4-12,24-25,27H,3H2,1-2H3. The van der Waals surface area contributed by atoms with Crippen molar-refractivity contribution < 1.29 is 14.6 Å². The van der Waals surface area contributed by atoms with Gasteiger partial charge in [-0.05, 0) is 60.7 Å². The van der Waals surface area contributed by atoms with Crippen molar-refractivity contribution in [1.29, 1.82) is 0 Å². The van der Waals surface area contributed by atoms with Crippen LogP contribution in [0.4, 0.5) is 0 Å². The molecule has 0 amide bonds.